The van der Waals surface area contributed by atoms with Crippen LogP contribution in [0, 0.1) is 13.8 Å². The van der Waals surface area contributed by atoms with E-state index in [0.29, 0.717) is 0 Å². The van der Waals surface area contributed by atoms with E-state index < -0.39 is 0 Å². The Morgan fingerprint density at radius 2 is 2.10 bits per heavy atom. The Labute approximate surface area is 131 Å². The predicted octanol–water partition coefficient (Wildman–Crippen LogP) is 3.68. The quantitative estimate of drug-likeness (QED) is 0.885. The summed E-state index contributed by atoms with van der Waals surface area (Å²) < 4.78 is 0. The molecule has 2 N–H and O–H groups in total. The van der Waals surface area contributed by atoms with Crippen LogP contribution in [0.2, 0.25) is 0 Å². The minimum Gasteiger partial charge on any atom is -0.368 e. The molecule has 0 saturated carbocycles. The molecular weight excluding hydrogens is 278 g/mol. The van der Waals surface area contributed by atoms with Crippen molar-refractivity contribution in [3.8, 4) is 0 Å². The largest absolute Gasteiger partial charge is 0.368 e. The summed E-state index contributed by atoms with van der Waals surface area (Å²) >= 11 is 1.70. The third kappa shape index (κ3) is 4.29. The summed E-state index contributed by atoms with van der Waals surface area (Å²) in [6.07, 6.45) is 1.93. The molecule has 0 aliphatic carbocycles. The lowest BCUT2D eigenvalue weighted by molar-refractivity contribution is 0.645. The van der Waals surface area contributed by atoms with Crippen LogP contribution in [0.1, 0.15) is 35.2 Å². The molecule has 3 nitrogen and oxygen atoms in total. The first-order valence-corrected chi connectivity index (χ1v) is 8.34. The minimum absolute atomic E-state index is 0.223. The van der Waals surface area contributed by atoms with Crippen molar-refractivity contribution < 1.29 is 0 Å². The number of aromatic nitrogens is 1. The monoisotopic (exact) mass is 303 g/mol. The molecule has 1 aromatic heterocycles. The van der Waals surface area contributed by atoms with E-state index in [1.165, 1.54) is 16.8 Å². The summed E-state index contributed by atoms with van der Waals surface area (Å²) in [6.45, 7) is 7.16. The first kappa shape index (κ1) is 16.0. The van der Waals surface area contributed by atoms with Crippen molar-refractivity contribution in [3.63, 3.8) is 0 Å². The lowest BCUT2D eigenvalue weighted by Crippen LogP contribution is -2.24. The van der Waals surface area contributed by atoms with E-state index >= 15 is 0 Å². The molecule has 21 heavy (non-hydrogen) atoms. The van der Waals surface area contributed by atoms with Gasteiger partial charge in [0.05, 0.1) is 17.2 Å². The highest BCUT2D eigenvalue weighted by molar-refractivity contribution is 7.09. The molecule has 0 aliphatic rings. The van der Waals surface area contributed by atoms with Gasteiger partial charge in [0.25, 0.3) is 0 Å². The van der Waals surface area contributed by atoms with Crippen LogP contribution in [-0.4, -0.2) is 18.1 Å². The lowest BCUT2D eigenvalue weighted by Gasteiger charge is -2.23. The van der Waals surface area contributed by atoms with E-state index in [0.717, 1.165) is 30.1 Å². The normalized spacial score (nSPS) is 12.4. The first-order valence-electron chi connectivity index (χ1n) is 7.46. The van der Waals surface area contributed by atoms with E-state index in [9.17, 15) is 0 Å². The molecule has 0 radical (unpaired) electrons. The molecule has 0 bridgehead atoms. The summed E-state index contributed by atoms with van der Waals surface area (Å²) in [5, 5.41) is 3.26. The number of thiazole rings is 1. The second-order valence-corrected chi connectivity index (χ2v) is 6.78. The Balaban J connectivity index is 2.20. The molecule has 4 heteroatoms. The first-order chi connectivity index (χ1) is 9.99. The van der Waals surface area contributed by atoms with Gasteiger partial charge in [-0.15, -0.1) is 11.3 Å². The smallest absolute Gasteiger partial charge is 0.0898 e. The molecule has 1 atom stereocenters. The second kappa shape index (κ2) is 7.05. The fraction of sp³-hybridized carbons (Fsp3) is 0.471. The Hall–Kier alpha value is -1.39. The van der Waals surface area contributed by atoms with E-state index in [1.54, 1.807) is 11.3 Å². The highest BCUT2D eigenvalue weighted by Crippen LogP contribution is 2.24. The van der Waals surface area contributed by atoms with Crippen LogP contribution in [0.15, 0.2) is 23.6 Å². The predicted molar refractivity (Wildman–Crippen MR) is 92.1 cm³/mol. The van der Waals surface area contributed by atoms with Crippen molar-refractivity contribution in [1.82, 2.24) is 4.98 Å². The zero-order chi connectivity index (χ0) is 15.4. The van der Waals surface area contributed by atoms with Gasteiger partial charge < -0.3 is 10.6 Å². The Kier molecular flexibility index (Phi) is 5.37. The Morgan fingerprint density at radius 3 is 2.71 bits per heavy atom. The van der Waals surface area contributed by atoms with Gasteiger partial charge in [-0.25, -0.2) is 4.98 Å². The SMILES string of the molecule is CCC(N)Cc1cc(C)ccc1N(C)Cc1csc(C)n1. The molecule has 2 rings (SSSR count). The molecule has 2 aromatic rings. The van der Waals surface area contributed by atoms with Gasteiger partial charge >= 0.3 is 0 Å². The maximum absolute atomic E-state index is 6.15. The van der Waals surface area contributed by atoms with Crippen molar-refractivity contribution in [2.24, 2.45) is 5.73 Å². The molecular formula is C17H25N3S. The average molecular weight is 303 g/mol. The van der Waals surface area contributed by atoms with Gasteiger partial charge in [-0.05, 0) is 38.3 Å². The number of anilines is 1. The van der Waals surface area contributed by atoms with Crippen molar-refractivity contribution >= 4 is 17.0 Å². The van der Waals surface area contributed by atoms with Gasteiger partial charge in [0.1, 0.15) is 0 Å². The van der Waals surface area contributed by atoms with Crippen molar-refractivity contribution in [2.45, 2.75) is 46.2 Å². The Bertz CT molecular complexity index is 591. The van der Waals surface area contributed by atoms with E-state index in [2.05, 4.69) is 54.4 Å². The van der Waals surface area contributed by atoms with Gasteiger partial charge in [-0.1, -0.05) is 24.6 Å². The Morgan fingerprint density at radius 1 is 1.33 bits per heavy atom. The summed E-state index contributed by atoms with van der Waals surface area (Å²) in [4.78, 5) is 6.82. The van der Waals surface area contributed by atoms with Crippen LogP contribution in [0.4, 0.5) is 5.69 Å². The van der Waals surface area contributed by atoms with Gasteiger partial charge in [-0.2, -0.15) is 0 Å². The molecule has 0 amide bonds. The zero-order valence-electron chi connectivity index (χ0n) is 13.4. The molecule has 1 heterocycles. The molecule has 0 aliphatic heterocycles. The van der Waals surface area contributed by atoms with Gasteiger partial charge in [0, 0.05) is 24.2 Å². The van der Waals surface area contributed by atoms with Crippen LogP contribution in [0.5, 0.6) is 0 Å². The van der Waals surface area contributed by atoms with Crippen molar-refractivity contribution in [2.75, 3.05) is 11.9 Å². The fourth-order valence-electron chi connectivity index (χ4n) is 2.49. The van der Waals surface area contributed by atoms with Crippen LogP contribution in [0.25, 0.3) is 0 Å². The molecule has 1 aromatic carbocycles. The number of hydrogen-bond donors (Lipinski definition) is 1. The maximum atomic E-state index is 6.15. The number of rotatable bonds is 6. The maximum Gasteiger partial charge on any atom is 0.0898 e. The summed E-state index contributed by atoms with van der Waals surface area (Å²) in [6, 6.07) is 6.85. The third-order valence-electron chi connectivity index (χ3n) is 3.72. The standard InChI is InChI=1S/C17H25N3S/c1-5-15(18)9-14-8-12(2)6-7-17(14)20(4)10-16-11-21-13(3)19-16/h6-8,11,15H,5,9-10,18H2,1-4H3. The van der Waals surface area contributed by atoms with E-state index in [1.807, 2.05) is 6.92 Å². The number of aryl methyl sites for hydroxylation is 2. The molecule has 0 spiro atoms. The summed E-state index contributed by atoms with van der Waals surface area (Å²) in [5.74, 6) is 0. The van der Waals surface area contributed by atoms with E-state index in [4.69, 9.17) is 5.73 Å². The van der Waals surface area contributed by atoms with Crippen LogP contribution in [0.3, 0.4) is 0 Å². The fourth-order valence-corrected chi connectivity index (χ4v) is 3.09. The molecule has 0 fully saturated rings. The minimum atomic E-state index is 0.223. The van der Waals surface area contributed by atoms with Gasteiger partial charge in [-0.3, -0.25) is 0 Å². The van der Waals surface area contributed by atoms with Crippen molar-refractivity contribution in [1.29, 1.82) is 0 Å². The lowest BCUT2D eigenvalue weighted by atomic mass is 10.00. The van der Waals surface area contributed by atoms with Gasteiger partial charge in [0.2, 0.25) is 0 Å². The third-order valence-corrected chi connectivity index (χ3v) is 4.54. The van der Waals surface area contributed by atoms with Crippen LogP contribution < -0.4 is 10.6 Å². The molecule has 114 valence electrons. The number of nitrogens with two attached hydrogens (primary N) is 1. The average Bonchev–Trinajstić information content (AvgIpc) is 2.84. The number of nitrogens with zero attached hydrogens (tertiary/aromatic N) is 2. The van der Waals surface area contributed by atoms with Crippen molar-refractivity contribution in [3.05, 3.63) is 45.4 Å². The van der Waals surface area contributed by atoms with Crippen LogP contribution >= 0.6 is 11.3 Å². The zero-order valence-corrected chi connectivity index (χ0v) is 14.2. The highest BCUT2D eigenvalue weighted by Gasteiger charge is 2.12. The summed E-state index contributed by atoms with van der Waals surface area (Å²) in [5.41, 5.74) is 11.2. The number of hydrogen-bond acceptors (Lipinski definition) is 4. The number of benzene rings is 1. The highest BCUT2D eigenvalue weighted by atomic mass is 32.1. The topological polar surface area (TPSA) is 42.1 Å². The second-order valence-electron chi connectivity index (χ2n) is 5.72. The van der Waals surface area contributed by atoms with Gasteiger partial charge in [0.15, 0.2) is 0 Å². The molecule has 0 saturated heterocycles. The van der Waals surface area contributed by atoms with E-state index in [-0.39, 0.29) is 6.04 Å². The molecule has 1 unspecified atom stereocenters. The summed E-state index contributed by atoms with van der Waals surface area (Å²) in [7, 11) is 2.13. The van der Waals surface area contributed by atoms with Crippen LogP contribution in [-0.2, 0) is 13.0 Å².